The monoisotopic (exact) mass is 295 g/mol. The zero-order chi connectivity index (χ0) is 15.2. The molecule has 1 aromatic carbocycles. The summed E-state index contributed by atoms with van der Waals surface area (Å²) < 4.78 is 28.4. The van der Waals surface area contributed by atoms with Gasteiger partial charge in [0.1, 0.15) is 23.2 Å². The average Bonchev–Trinajstić information content (AvgIpc) is 2.48. The molecule has 2 rings (SSSR count). The first-order chi connectivity index (χ1) is 10.1. The van der Waals surface area contributed by atoms with E-state index in [4.69, 9.17) is 5.84 Å². The Morgan fingerprint density at radius 2 is 1.86 bits per heavy atom. The SMILES string of the molecule is CCc1nc(NN)cc(Nc2ccc(OC(F)F)cc2)n1. The lowest BCUT2D eigenvalue weighted by atomic mass is 10.3. The van der Waals surface area contributed by atoms with E-state index in [1.165, 1.54) is 12.1 Å². The third-order valence-electron chi connectivity index (χ3n) is 2.59. The van der Waals surface area contributed by atoms with Gasteiger partial charge in [-0.25, -0.2) is 15.8 Å². The predicted octanol–water partition coefficient (Wildman–Crippen LogP) is 2.67. The van der Waals surface area contributed by atoms with Gasteiger partial charge in [0, 0.05) is 18.2 Å². The lowest BCUT2D eigenvalue weighted by Gasteiger charge is -2.10. The molecular formula is C13H15F2N5O. The lowest BCUT2D eigenvalue weighted by Crippen LogP contribution is -2.11. The van der Waals surface area contributed by atoms with Crippen LogP contribution in [0.15, 0.2) is 30.3 Å². The fraction of sp³-hybridized carbons (Fsp3) is 0.231. The summed E-state index contributed by atoms with van der Waals surface area (Å²) in [5, 5.41) is 3.04. The molecule has 1 aromatic heterocycles. The van der Waals surface area contributed by atoms with Gasteiger partial charge in [0.15, 0.2) is 0 Å². The number of halogens is 2. The van der Waals surface area contributed by atoms with Crippen LogP contribution in [0.2, 0.25) is 0 Å². The number of anilines is 3. The minimum atomic E-state index is -2.84. The molecule has 21 heavy (non-hydrogen) atoms. The van der Waals surface area contributed by atoms with Crippen molar-refractivity contribution >= 4 is 17.3 Å². The van der Waals surface area contributed by atoms with Crippen LogP contribution in [0, 0.1) is 0 Å². The Morgan fingerprint density at radius 3 is 2.43 bits per heavy atom. The number of hydrazine groups is 1. The molecule has 0 atom stereocenters. The minimum Gasteiger partial charge on any atom is -0.435 e. The van der Waals surface area contributed by atoms with Crippen molar-refractivity contribution in [3.8, 4) is 5.75 Å². The number of nitrogens with two attached hydrogens (primary N) is 1. The highest BCUT2D eigenvalue weighted by Crippen LogP contribution is 2.21. The zero-order valence-electron chi connectivity index (χ0n) is 11.3. The van der Waals surface area contributed by atoms with Gasteiger partial charge in [0.2, 0.25) is 0 Å². The van der Waals surface area contributed by atoms with Crippen LogP contribution >= 0.6 is 0 Å². The van der Waals surface area contributed by atoms with Gasteiger partial charge in [-0.05, 0) is 24.3 Å². The topological polar surface area (TPSA) is 85.1 Å². The standard InChI is InChI=1S/C13H15F2N5O/c1-2-10-18-11(7-12(19-10)20-16)17-8-3-5-9(6-4-8)21-13(14)15/h3-7,13H,2,16H2,1H3,(H2,17,18,19,20). The largest absolute Gasteiger partial charge is 0.435 e. The summed E-state index contributed by atoms with van der Waals surface area (Å²) in [7, 11) is 0. The molecular weight excluding hydrogens is 280 g/mol. The molecule has 1 heterocycles. The third-order valence-corrected chi connectivity index (χ3v) is 2.59. The number of alkyl halides is 2. The molecule has 0 saturated heterocycles. The minimum absolute atomic E-state index is 0.0943. The van der Waals surface area contributed by atoms with Crippen LogP contribution in [0.4, 0.5) is 26.1 Å². The van der Waals surface area contributed by atoms with E-state index in [1.807, 2.05) is 6.92 Å². The number of hydrogen-bond donors (Lipinski definition) is 3. The summed E-state index contributed by atoms with van der Waals surface area (Å²) in [6.45, 7) is -0.911. The van der Waals surface area contributed by atoms with E-state index in [-0.39, 0.29) is 5.75 Å². The van der Waals surface area contributed by atoms with Crippen LogP contribution in [-0.4, -0.2) is 16.6 Å². The third kappa shape index (κ3) is 4.25. The van der Waals surface area contributed by atoms with Crippen LogP contribution in [0.1, 0.15) is 12.7 Å². The van der Waals surface area contributed by atoms with E-state index in [9.17, 15) is 8.78 Å². The molecule has 0 spiro atoms. The maximum atomic E-state index is 12.1. The molecule has 0 amide bonds. The maximum absolute atomic E-state index is 12.1. The second kappa shape index (κ2) is 6.80. The highest BCUT2D eigenvalue weighted by molar-refractivity contribution is 5.59. The normalized spacial score (nSPS) is 10.5. The molecule has 0 fully saturated rings. The summed E-state index contributed by atoms with van der Waals surface area (Å²) in [4.78, 5) is 8.47. The van der Waals surface area contributed by atoms with Crippen molar-refractivity contribution in [2.75, 3.05) is 10.7 Å². The van der Waals surface area contributed by atoms with Crippen molar-refractivity contribution in [3.05, 3.63) is 36.2 Å². The Balaban J connectivity index is 2.14. The molecule has 0 aliphatic rings. The number of aryl methyl sites for hydroxylation is 1. The fourth-order valence-corrected chi connectivity index (χ4v) is 1.66. The summed E-state index contributed by atoms with van der Waals surface area (Å²) >= 11 is 0. The maximum Gasteiger partial charge on any atom is 0.387 e. The second-order valence-corrected chi connectivity index (χ2v) is 4.08. The number of benzene rings is 1. The van der Waals surface area contributed by atoms with Crippen LogP contribution in [-0.2, 0) is 6.42 Å². The van der Waals surface area contributed by atoms with Gasteiger partial charge in [-0.3, -0.25) is 0 Å². The molecule has 0 aliphatic heterocycles. The molecule has 0 radical (unpaired) electrons. The number of nitrogens with one attached hydrogen (secondary N) is 2. The molecule has 0 aliphatic carbocycles. The zero-order valence-corrected chi connectivity index (χ0v) is 11.3. The van der Waals surface area contributed by atoms with Crippen LogP contribution in [0.3, 0.4) is 0 Å². The molecule has 6 nitrogen and oxygen atoms in total. The van der Waals surface area contributed by atoms with Gasteiger partial charge >= 0.3 is 6.61 Å². The summed E-state index contributed by atoms with van der Waals surface area (Å²) in [5.74, 6) is 7.11. The lowest BCUT2D eigenvalue weighted by molar-refractivity contribution is -0.0498. The summed E-state index contributed by atoms with van der Waals surface area (Å²) in [6, 6.07) is 7.75. The van der Waals surface area contributed by atoms with Gasteiger partial charge in [0.25, 0.3) is 0 Å². The molecule has 4 N–H and O–H groups in total. The van der Waals surface area contributed by atoms with Crippen molar-refractivity contribution in [1.82, 2.24) is 9.97 Å². The van der Waals surface area contributed by atoms with Gasteiger partial charge < -0.3 is 15.5 Å². The number of nitrogen functional groups attached to an aromatic ring is 1. The first-order valence-electron chi connectivity index (χ1n) is 6.27. The first-order valence-corrected chi connectivity index (χ1v) is 6.27. The quantitative estimate of drug-likeness (QED) is 0.561. The van der Waals surface area contributed by atoms with Gasteiger partial charge in [0.05, 0.1) is 0 Å². The Hall–Kier alpha value is -2.48. The van der Waals surface area contributed by atoms with Crippen molar-refractivity contribution < 1.29 is 13.5 Å². The summed E-state index contributed by atoms with van der Waals surface area (Å²) in [5.41, 5.74) is 3.14. The van der Waals surface area contributed by atoms with Crippen LogP contribution in [0.25, 0.3) is 0 Å². The van der Waals surface area contributed by atoms with Crippen LogP contribution < -0.4 is 21.3 Å². The van der Waals surface area contributed by atoms with Crippen molar-refractivity contribution in [2.45, 2.75) is 20.0 Å². The number of rotatable bonds is 6. The predicted molar refractivity (Wildman–Crippen MR) is 75.6 cm³/mol. The summed E-state index contributed by atoms with van der Waals surface area (Å²) in [6.07, 6.45) is 0.658. The molecule has 2 aromatic rings. The van der Waals surface area contributed by atoms with E-state index < -0.39 is 6.61 Å². The first kappa shape index (κ1) is 14.9. The number of aromatic nitrogens is 2. The molecule has 112 valence electrons. The van der Waals surface area contributed by atoms with E-state index in [2.05, 4.69) is 25.4 Å². The van der Waals surface area contributed by atoms with E-state index in [0.717, 1.165) is 0 Å². The average molecular weight is 295 g/mol. The molecule has 8 heteroatoms. The highest BCUT2D eigenvalue weighted by Gasteiger charge is 2.05. The van der Waals surface area contributed by atoms with E-state index >= 15 is 0 Å². The molecule has 0 bridgehead atoms. The molecule has 0 saturated carbocycles. The molecule has 0 unspecified atom stereocenters. The number of nitrogens with zero attached hydrogens (tertiary/aromatic N) is 2. The van der Waals surface area contributed by atoms with Gasteiger partial charge in [-0.15, -0.1) is 0 Å². The van der Waals surface area contributed by atoms with Gasteiger partial charge in [-0.1, -0.05) is 6.92 Å². The Labute approximate surface area is 120 Å². The number of ether oxygens (including phenoxy) is 1. The Bertz CT molecular complexity index is 569. The highest BCUT2D eigenvalue weighted by atomic mass is 19.3. The van der Waals surface area contributed by atoms with Crippen molar-refractivity contribution in [1.29, 1.82) is 0 Å². The number of hydrogen-bond acceptors (Lipinski definition) is 6. The van der Waals surface area contributed by atoms with Crippen molar-refractivity contribution in [2.24, 2.45) is 5.84 Å². The Kier molecular flexibility index (Phi) is 4.83. The Morgan fingerprint density at radius 1 is 1.19 bits per heavy atom. The van der Waals surface area contributed by atoms with E-state index in [1.54, 1.807) is 18.2 Å². The van der Waals surface area contributed by atoms with Gasteiger partial charge in [-0.2, -0.15) is 8.78 Å². The smallest absolute Gasteiger partial charge is 0.387 e. The van der Waals surface area contributed by atoms with Crippen molar-refractivity contribution in [3.63, 3.8) is 0 Å². The van der Waals surface area contributed by atoms with E-state index in [0.29, 0.717) is 29.6 Å². The van der Waals surface area contributed by atoms with Crippen LogP contribution in [0.5, 0.6) is 5.75 Å². The second-order valence-electron chi connectivity index (χ2n) is 4.08. The fourth-order valence-electron chi connectivity index (χ4n) is 1.66.